The molecular formula is C17H24ClN3O2. The van der Waals surface area contributed by atoms with Crippen LogP contribution in [-0.2, 0) is 22.7 Å². The number of nitrogens with zero attached hydrogens (tertiary/aromatic N) is 1. The molecule has 2 amide bonds. The van der Waals surface area contributed by atoms with Crippen molar-refractivity contribution in [3.8, 4) is 0 Å². The van der Waals surface area contributed by atoms with Gasteiger partial charge in [0.1, 0.15) is 0 Å². The van der Waals surface area contributed by atoms with Gasteiger partial charge in [0, 0.05) is 26.1 Å². The van der Waals surface area contributed by atoms with E-state index in [0.717, 1.165) is 43.5 Å². The maximum absolute atomic E-state index is 12.0. The van der Waals surface area contributed by atoms with Gasteiger partial charge in [-0.05, 0) is 36.9 Å². The normalized spacial score (nSPS) is 20.4. The number of hydrogen-bond acceptors (Lipinski definition) is 3. The SMILES string of the molecule is Cl.O=C(NCc1cccc(CN2CCCC2=O)c1)C1CCCN1. The first kappa shape index (κ1) is 17.8. The summed E-state index contributed by atoms with van der Waals surface area (Å²) in [6, 6.07) is 8.08. The molecule has 23 heavy (non-hydrogen) atoms. The summed E-state index contributed by atoms with van der Waals surface area (Å²) in [5.74, 6) is 0.323. The molecule has 0 aliphatic carbocycles. The lowest BCUT2D eigenvalue weighted by Gasteiger charge is -2.16. The molecule has 2 fully saturated rings. The Labute approximate surface area is 143 Å². The van der Waals surface area contributed by atoms with Gasteiger partial charge in [-0.1, -0.05) is 24.3 Å². The summed E-state index contributed by atoms with van der Waals surface area (Å²) in [4.78, 5) is 25.6. The van der Waals surface area contributed by atoms with Gasteiger partial charge >= 0.3 is 0 Å². The van der Waals surface area contributed by atoms with Gasteiger partial charge in [-0.2, -0.15) is 0 Å². The molecule has 0 saturated carbocycles. The molecule has 2 saturated heterocycles. The van der Waals surface area contributed by atoms with Crippen molar-refractivity contribution in [2.24, 2.45) is 0 Å². The maximum atomic E-state index is 12.0. The first-order valence-electron chi connectivity index (χ1n) is 8.09. The van der Waals surface area contributed by atoms with Gasteiger partial charge < -0.3 is 15.5 Å². The largest absolute Gasteiger partial charge is 0.351 e. The molecular weight excluding hydrogens is 314 g/mol. The summed E-state index contributed by atoms with van der Waals surface area (Å²) in [5.41, 5.74) is 2.21. The Morgan fingerprint density at radius 1 is 1.30 bits per heavy atom. The van der Waals surface area contributed by atoms with Crippen LogP contribution in [0.15, 0.2) is 24.3 Å². The third kappa shape index (κ3) is 4.69. The zero-order chi connectivity index (χ0) is 15.4. The van der Waals surface area contributed by atoms with Crippen LogP contribution >= 0.6 is 12.4 Å². The molecule has 2 N–H and O–H groups in total. The highest BCUT2D eigenvalue weighted by Gasteiger charge is 2.22. The van der Waals surface area contributed by atoms with Crippen LogP contribution in [0.2, 0.25) is 0 Å². The number of halogens is 1. The fraction of sp³-hybridized carbons (Fsp3) is 0.529. The molecule has 3 rings (SSSR count). The lowest BCUT2D eigenvalue weighted by molar-refractivity contribution is -0.128. The molecule has 2 aliphatic rings. The smallest absolute Gasteiger partial charge is 0.237 e. The van der Waals surface area contributed by atoms with Crippen molar-refractivity contribution in [1.82, 2.24) is 15.5 Å². The summed E-state index contributed by atoms with van der Waals surface area (Å²) in [6.07, 6.45) is 3.62. The third-order valence-electron chi connectivity index (χ3n) is 4.38. The zero-order valence-corrected chi connectivity index (χ0v) is 14.0. The predicted octanol–water partition coefficient (Wildman–Crippen LogP) is 1.60. The third-order valence-corrected chi connectivity index (χ3v) is 4.38. The fourth-order valence-corrected chi connectivity index (χ4v) is 3.15. The molecule has 6 heteroatoms. The molecule has 5 nitrogen and oxygen atoms in total. The Morgan fingerprint density at radius 2 is 2.13 bits per heavy atom. The number of amides is 2. The number of carbonyl (C=O) groups excluding carboxylic acids is 2. The summed E-state index contributed by atoms with van der Waals surface area (Å²) in [7, 11) is 0. The number of benzene rings is 1. The molecule has 126 valence electrons. The second-order valence-electron chi connectivity index (χ2n) is 6.11. The Balaban J connectivity index is 0.00000192. The van der Waals surface area contributed by atoms with Crippen molar-refractivity contribution in [3.63, 3.8) is 0 Å². The van der Waals surface area contributed by atoms with E-state index in [1.165, 1.54) is 0 Å². The van der Waals surface area contributed by atoms with Crippen molar-refractivity contribution in [1.29, 1.82) is 0 Å². The predicted molar refractivity (Wildman–Crippen MR) is 91.2 cm³/mol. The van der Waals surface area contributed by atoms with Crippen molar-refractivity contribution in [2.45, 2.75) is 44.8 Å². The standard InChI is InChI=1S/C17H23N3O2.ClH/c21-16-7-3-9-20(16)12-14-5-1-4-13(10-14)11-19-17(22)15-6-2-8-18-15;/h1,4-5,10,15,18H,2-3,6-9,11-12H2,(H,19,22);1H. The second-order valence-corrected chi connectivity index (χ2v) is 6.11. The number of hydrogen-bond donors (Lipinski definition) is 2. The maximum Gasteiger partial charge on any atom is 0.237 e. The van der Waals surface area contributed by atoms with Crippen molar-refractivity contribution >= 4 is 24.2 Å². The number of likely N-dealkylation sites (tertiary alicyclic amines) is 1. The van der Waals surface area contributed by atoms with Gasteiger partial charge in [0.05, 0.1) is 6.04 Å². The molecule has 1 unspecified atom stereocenters. The molecule has 1 atom stereocenters. The van der Waals surface area contributed by atoms with Crippen LogP contribution in [0.4, 0.5) is 0 Å². The van der Waals surface area contributed by atoms with Crippen LogP contribution in [0, 0.1) is 0 Å². The zero-order valence-electron chi connectivity index (χ0n) is 13.2. The Kier molecular flexibility index (Phi) is 6.42. The van der Waals surface area contributed by atoms with Crippen LogP contribution in [0.25, 0.3) is 0 Å². The first-order chi connectivity index (χ1) is 10.7. The fourth-order valence-electron chi connectivity index (χ4n) is 3.15. The molecule has 2 heterocycles. The molecule has 0 aromatic heterocycles. The van der Waals surface area contributed by atoms with E-state index in [2.05, 4.69) is 16.7 Å². The van der Waals surface area contributed by atoms with E-state index in [4.69, 9.17) is 0 Å². The van der Waals surface area contributed by atoms with Crippen LogP contribution in [0.3, 0.4) is 0 Å². The van der Waals surface area contributed by atoms with Gasteiger partial charge in [0.15, 0.2) is 0 Å². The Hall–Kier alpha value is -1.59. The molecule has 1 aromatic carbocycles. The van der Waals surface area contributed by atoms with Gasteiger partial charge in [-0.3, -0.25) is 9.59 Å². The summed E-state index contributed by atoms with van der Waals surface area (Å²) in [5, 5.41) is 6.19. The lowest BCUT2D eigenvalue weighted by atomic mass is 10.1. The lowest BCUT2D eigenvalue weighted by Crippen LogP contribution is -2.40. The molecule has 0 radical (unpaired) electrons. The number of carbonyl (C=O) groups is 2. The highest BCUT2D eigenvalue weighted by Crippen LogP contribution is 2.15. The van der Waals surface area contributed by atoms with Crippen LogP contribution < -0.4 is 10.6 Å². The van der Waals surface area contributed by atoms with Gasteiger partial charge in [-0.15, -0.1) is 12.4 Å². The first-order valence-corrected chi connectivity index (χ1v) is 8.09. The molecule has 0 bridgehead atoms. The highest BCUT2D eigenvalue weighted by molar-refractivity contribution is 5.85. The Bertz CT molecular complexity index is 559. The second kappa shape index (κ2) is 8.31. The number of rotatable bonds is 5. The quantitative estimate of drug-likeness (QED) is 0.858. The van der Waals surface area contributed by atoms with E-state index in [0.29, 0.717) is 19.5 Å². The minimum atomic E-state index is -0.0367. The van der Waals surface area contributed by atoms with Crippen molar-refractivity contribution in [3.05, 3.63) is 35.4 Å². The van der Waals surface area contributed by atoms with Crippen LogP contribution in [0.1, 0.15) is 36.8 Å². The van der Waals surface area contributed by atoms with Crippen molar-refractivity contribution in [2.75, 3.05) is 13.1 Å². The van der Waals surface area contributed by atoms with E-state index in [9.17, 15) is 9.59 Å². The molecule has 0 spiro atoms. The monoisotopic (exact) mass is 337 g/mol. The average molecular weight is 338 g/mol. The topological polar surface area (TPSA) is 61.4 Å². The Morgan fingerprint density at radius 3 is 2.83 bits per heavy atom. The van der Waals surface area contributed by atoms with E-state index < -0.39 is 0 Å². The number of nitrogens with one attached hydrogen (secondary N) is 2. The minimum Gasteiger partial charge on any atom is -0.351 e. The average Bonchev–Trinajstić information content (AvgIpc) is 3.18. The van der Waals surface area contributed by atoms with Gasteiger partial charge in [0.25, 0.3) is 0 Å². The molecule has 2 aliphatic heterocycles. The van der Waals surface area contributed by atoms with E-state index in [1.807, 2.05) is 23.1 Å². The summed E-state index contributed by atoms with van der Waals surface area (Å²) < 4.78 is 0. The van der Waals surface area contributed by atoms with Crippen LogP contribution in [0.5, 0.6) is 0 Å². The molecule has 1 aromatic rings. The van der Waals surface area contributed by atoms with E-state index in [1.54, 1.807) is 0 Å². The van der Waals surface area contributed by atoms with E-state index in [-0.39, 0.29) is 30.3 Å². The highest BCUT2D eigenvalue weighted by atomic mass is 35.5. The van der Waals surface area contributed by atoms with Gasteiger partial charge in [-0.25, -0.2) is 0 Å². The van der Waals surface area contributed by atoms with Crippen molar-refractivity contribution < 1.29 is 9.59 Å². The van der Waals surface area contributed by atoms with Crippen LogP contribution in [-0.4, -0.2) is 35.8 Å². The summed E-state index contributed by atoms with van der Waals surface area (Å²) in [6.45, 7) is 2.99. The summed E-state index contributed by atoms with van der Waals surface area (Å²) >= 11 is 0. The van der Waals surface area contributed by atoms with Gasteiger partial charge in [0.2, 0.25) is 11.8 Å². The minimum absolute atomic E-state index is 0. The van der Waals surface area contributed by atoms with E-state index >= 15 is 0 Å².